The molecular weight excluding hydrogens is 238 g/mol. The fraction of sp³-hybridized carbons (Fsp3) is 0.0625. The van der Waals surface area contributed by atoms with Gasteiger partial charge in [-0.1, -0.05) is 30.2 Å². The van der Waals surface area contributed by atoms with E-state index in [4.69, 9.17) is 0 Å². The smallest absolute Gasteiger partial charge is 0.300 e. The molecule has 2 N–H and O–H groups in total. The summed E-state index contributed by atoms with van der Waals surface area (Å²) in [4.78, 5) is 11.6. The molecule has 0 spiro atoms. The highest BCUT2D eigenvalue weighted by Gasteiger charge is 2.01. The molecule has 3 nitrogen and oxygen atoms in total. The average Bonchev–Trinajstić information content (AvgIpc) is 2.42. The Bertz CT molecular complexity index is 651. The average molecular weight is 251 g/mol. The van der Waals surface area contributed by atoms with E-state index in [1.165, 1.54) is 6.07 Å². The summed E-state index contributed by atoms with van der Waals surface area (Å²) in [6, 6.07) is 14.2. The Balaban J connectivity index is 2.06. The Morgan fingerprint density at radius 3 is 2.58 bits per heavy atom. The first-order valence-electron chi connectivity index (χ1n) is 5.83. The van der Waals surface area contributed by atoms with Crippen molar-refractivity contribution >= 4 is 11.6 Å². The number of benzene rings is 2. The zero-order chi connectivity index (χ0) is 13.7. The van der Waals surface area contributed by atoms with E-state index in [2.05, 4.69) is 17.2 Å². The van der Waals surface area contributed by atoms with Crippen molar-refractivity contribution in [2.24, 2.45) is 0 Å². The van der Waals surface area contributed by atoms with Crippen LogP contribution in [0, 0.1) is 18.8 Å². The second-order valence-electron chi connectivity index (χ2n) is 4.07. The molecule has 0 saturated heterocycles. The number of anilines is 1. The number of amides is 1. The van der Waals surface area contributed by atoms with E-state index < -0.39 is 5.91 Å². The summed E-state index contributed by atoms with van der Waals surface area (Å²) >= 11 is 0. The summed E-state index contributed by atoms with van der Waals surface area (Å²) in [7, 11) is 0. The molecular formula is C16H13NO2. The van der Waals surface area contributed by atoms with E-state index in [1.54, 1.807) is 19.1 Å². The van der Waals surface area contributed by atoms with Crippen LogP contribution in [0.15, 0.2) is 48.5 Å². The van der Waals surface area contributed by atoms with Crippen molar-refractivity contribution in [3.05, 3.63) is 59.7 Å². The number of aromatic hydroxyl groups is 1. The number of rotatable bonds is 1. The number of phenolic OH excluding ortho intramolecular Hbond substituents is 1. The van der Waals surface area contributed by atoms with Crippen LogP contribution in [0.25, 0.3) is 0 Å². The molecule has 0 unspecified atom stereocenters. The van der Waals surface area contributed by atoms with Crippen molar-refractivity contribution in [1.82, 2.24) is 0 Å². The van der Waals surface area contributed by atoms with E-state index in [9.17, 15) is 9.90 Å². The summed E-state index contributed by atoms with van der Waals surface area (Å²) in [5.74, 6) is 5.00. The molecule has 2 aromatic carbocycles. The van der Waals surface area contributed by atoms with E-state index in [0.717, 1.165) is 11.1 Å². The molecule has 0 radical (unpaired) electrons. The summed E-state index contributed by atoms with van der Waals surface area (Å²) in [5, 5.41) is 12.1. The minimum Gasteiger partial charge on any atom is -0.508 e. The second-order valence-corrected chi connectivity index (χ2v) is 4.07. The number of carbonyl (C=O) groups is 1. The first kappa shape index (κ1) is 12.7. The maximum absolute atomic E-state index is 11.6. The van der Waals surface area contributed by atoms with Crippen LogP contribution in [0.5, 0.6) is 5.75 Å². The van der Waals surface area contributed by atoms with Gasteiger partial charge in [-0.2, -0.15) is 0 Å². The molecule has 0 saturated carbocycles. The van der Waals surface area contributed by atoms with Crippen LogP contribution in [-0.2, 0) is 4.79 Å². The molecule has 0 aromatic heterocycles. The standard InChI is InChI=1S/C16H13NO2/c1-12-7-9-14(11-15(12)18)17-16(19)10-8-13-5-3-2-4-6-13/h2-7,9,11,18H,1H3,(H,17,19). The Morgan fingerprint density at radius 2 is 1.89 bits per heavy atom. The van der Waals surface area contributed by atoms with Gasteiger partial charge < -0.3 is 10.4 Å². The Morgan fingerprint density at radius 1 is 1.16 bits per heavy atom. The molecule has 3 heteroatoms. The highest BCUT2D eigenvalue weighted by Crippen LogP contribution is 2.20. The van der Waals surface area contributed by atoms with Crippen molar-refractivity contribution in [3.8, 4) is 17.6 Å². The van der Waals surface area contributed by atoms with Gasteiger partial charge in [0.25, 0.3) is 0 Å². The van der Waals surface area contributed by atoms with Gasteiger partial charge in [0.05, 0.1) is 0 Å². The highest BCUT2D eigenvalue weighted by molar-refractivity contribution is 6.04. The SMILES string of the molecule is Cc1ccc(NC(=O)C#Cc2ccccc2)cc1O. The van der Waals surface area contributed by atoms with Gasteiger partial charge in [-0.15, -0.1) is 0 Å². The summed E-state index contributed by atoms with van der Waals surface area (Å²) in [6.45, 7) is 1.79. The van der Waals surface area contributed by atoms with Gasteiger partial charge in [0, 0.05) is 23.2 Å². The molecule has 0 fully saturated rings. The number of hydrogen-bond acceptors (Lipinski definition) is 2. The predicted molar refractivity (Wildman–Crippen MR) is 74.8 cm³/mol. The van der Waals surface area contributed by atoms with Gasteiger partial charge in [0.15, 0.2) is 0 Å². The quantitative estimate of drug-likeness (QED) is 0.765. The zero-order valence-corrected chi connectivity index (χ0v) is 10.5. The normalized spacial score (nSPS) is 9.32. The number of phenols is 1. The highest BCUT2D eigenvalue weighted by atomic mass is 16.3. The lowest BCUT2D eigenvalue weighted by atomic mass is 10.2. The van der Waals surface area contributed by atoms with Gasteiger partial charge in [-0.05, 0) is 30.7 Å². The van der Waals surface area contributed by atoms with Gasteiger partial charge in [-0.3, -0.25) is 4.79 Å². The van der Waals surface area contributed by atoms with Crippen LogP contribution in [0.4, 0.5) is 5.69 Å². The Hall–Kier alpha value is -2.73. The van der Waals surface area contributed by atoms with Gasteiger partial charge >= 0.3 is 5.91 Å². The van der Waals surface area contributed by atoms with Crippen LogP contribution < -0.4 is 5.32 Å². The molecule has 2 aromatic rings. The van der Waals surface area contributed by atoms with Crippen molar-refractivity contribution in [1.29, 1.82) is 0 Å². The maximum atomic E-state index is 11.6. The first-order valence-corrected chi connectivity index (χ1v) is 5.83. The van der Waals surface area contributed by atoms with Crippen molar-refractivity contribution in [3.63, 3.8) is 0 Å². The fourth-order valence-corrected chi connectivity index (χ4v) is 1.50. The van der Waals surface area contributed by atoms with Crippen molar-refractivity contribution in [2.75, 3.05) is 5.32 Å². The topological polar surface area (TPSA) is 49.3 Å². The summed E-state index contributed by atoms with van der Waals surface area (Å²) in [5.41, 5.74) is 2.06. The molecule has 2 rings (SSSR count). The Kier molecular flexibility index (Phi) is 3.84. The number of carbonyl (C=O) groups excluding carboxylic acids is 1. The third kappa shape index (κ3) is 3.62. The van der Waals surface area contributed by atoms with Crippen LogP contribution in [-0.4, -0.2) is 11.0 Å². The number of aryl methyl sites for hydroxylation is 1. The predicted octanol–water partition coefficient (Wildman–Crippen LogP) is 2.69. The van der Waals surface area contributed by atoms with Crippen LogP contribution in [0.2, 0.25) is 0 Å². The number of nitrogens with one attached hydrogen (secondary N) is 1. The third-order valence-corrected chi connectivity index (χ3v) is 2.56. The Labute approximate surface area is 111 Å². The molecule has 19 heavy (non-hydrogen) atoms. The lowest BCUT2D eigenvalue weighted by Crippen LogP contribution is -2.08. The lowest BCUT2D eigenvalue weighted by molar-refractivity contribution is -0.111. The summed E-state index contributed by atoms with van der Waals surface area (Å²) in [6.07, 6.45) is 0. The third-order valence-electron chi connectivity index (χ3n) is 2.56. The van der Waals surface area contributed by atoms with Gasteiger partial charge in [-0.25, -0.2) is 0 Å². The maximum Gasteiger partial charge on any atom is 0.300 e. The van der Waals surface area contributed by atoms with Crippen LogP contribution >= 0.6 is 0 Å². The minimum absolute atomic E-state index is 0.147. The van der Waals surface area contributed by atoms with E-state index in [1.807, 2.05) is 30.3 Å². The molecule has 94 valence electrons. The van der Waals surface area contributed by atoms with E-state index >= 15 is 0 Å². The molecule has 1 amide bonds. The monoisotopic (exact) mass is 251 g/mol. The first-order chi connectivity index (χ1) is 9.15. The summed E-state index contributed by atoms with van der Waals surface area (Å²) < 4.78 is 0. The van der Waals surface area contributed by atoms with Crippen LogP contribution in [0.1, 0.15) is 11.1 Å². The largest absolute Gasteiger partial charge is 0.508 e. The van der Waals surface area contributed by atoms with Gasteiger partial charge in [0.1, 0.15) is 5.75 Å². The molecule has 0 aliphatic rings. The van der Waals surface area contributed by atoms with Gasteiger partial charge in [0.2, 0.25) is 0 Å². The lowest BCUT2D eigenvalue weighted by Gasteiger charge is -2.03. The molecule has 0 aliphatic heterocycles. The van der Waals surface area contributed by atoms with Crippen LogP contribution in [0.3, 0.4) is 0 Å². The molecule has 0 bridgehead atoms. The second kappa shape index (κ2) is 5.74. The number of hydrogen-bond donors (Lipinski definition) is 2. The molecule has 0 aliphatic carbocycles. The van der Waals surface area contributed by atoms with Crippen molar-refractivity contribution in [2.45, 2.75) is 6.92 Å². The van der Waals surface area contributed by atoms with Crippen molar-refractivity contribution < 1.29 is 9.90 Å². The zero-order valence-electron chi connectivity index (χ0n) is 10.5. The van der Waals surface area contributed by atoms with E-state index in [-0.39, 0.29) is 5.75 Å². The minimum atomic E-state index is -0.410. The molecule has 0 atom stereocenters. The van der Waals surface area contributed by atoms with E-state index in [0.29, 0.717) is 5.69 Å². The molecule has 0 heterocycles. The fourth-order valence-electron chi connectivity index (χ4n) is 1.50.